The molecule has 1 heterocycles. The van der Waals surface area contributed by atoms with Crippen molar-refractivity contribution in [1.82, 2.24) is 10.0 Å². The van der Waals surface area contributed by atoms with Crippen molar-refractivity contribution in [2.75, 3.05) is 26.8 Å². The van der Waals surface area contributed by atoms with E-state index in [1.54, 1.807) is 25.3 Å². The number of hydrogen-bond acceptors (Lipinski definition) is 4. The molecule has 112 valence electrons. The van der Waals surface area contributed by atoms with Crippen molar-refractivity contribution in [2.24, 2.45) is 0 Å². The van der Waals surface area contributed by atoms with E-state index >= 15 is 0 Å². The summed E-state index contributed by atoms with van der Waals surface area (Å²) >= 11 is 0. The van der Waals surface area contributed by atoms with E-state index in [9.17, 15) is 8.42 Å². The second-order valence-electron chi connectivity index (χ2n) is 5.38. The average molecular weight is 298 g/mol. The number of benzene rings is 1. The maximum atomic E-state index is 12.3. The van der Waals surface area contributed by atoms with Crippen LogP contribution in [0.1, 0.15) is 18.4 Å². The van der Waals surface area contributed by atoms with Gasteiger partial charge >= 0.3 is 0 Å². The van der Waals surface area contributed by atoms with E-state index in [2.05, 4.69) is 10.0 Å². The summed E-state index contributed by atoms with van der Waals surface area (Å²) in [4.78, 5) is 0.308. The Hall–Kier alpha value is -0.950. The molecule has 1 saturated heterocycles. The van der Waals surface area contributed by atoms with Gasteiger partial charge in [-0.25, -0.2) is 13.1 Å². The van der Waals surface area contributed by atoms with Crippen molar-refractivity contribution >= 4 is 10.0 Å². The van der Waals surface area contributed by atoms with E-state index in [4.69, 9.17) is 4.74 Å². The Balaban J connectivity index is 2.08. The van der Waals surface area contributed by atoms with Crippen molar-refractivity contribution in [3.05, 3.63) is 29.8 Å². The molecule has 1 aliphatic rings. The van der Waals surface area contributed by atoms with Crippen molar-refractivity contribution in [1.29, 1.82) is 0 Å². The summed E-state index contributed by atoms with van der Waals surface area (Å²) in [6.45, 7) is 3.62. The first-order valence-corrected chi connectivity index (χ1v) is 8.26. The van der Waals surface area contributed by atoms with E-state index in [-0.39, 0.29) is 5.54 Å². The van der Waals surface area contributed by atoms with Gasteiger partial charge in [-0.1, -0.05) is 12.1 Å². The fourth-order valence-electron chi connectivity index (χ4n) is 2.57. The normalized spacial score (nSPS) is 23.1. The molecule has 0 bridgehead atoms. The molecule has 0 amide bonds. The molecule has 0 aliphatic carbocycles. The van der Waals surface area contributed by atoms with Crippen LogP contribution in [0.15, 0.2) is 29.2 Å². The summed E-state index contributed by atoms with van der Waals surface area (Å²) in [5, 5.41) is 3.35. The maximum Gasteiger partial charge on any atom is 0.240 e. The zero-order valence-electron chi connectivity index (χ0n) is 12.0. The predicted octanol–water partition coefficient (Wildman–Crippen LogP) is 1.04. The highest BCUT2D eigenvalue weighted by atomic mass is 32.2. The van der Waals surface area contributed by atoms with Gasteiger partial charge in [-0.2, -0.15) is 0 Å². The monoisotopic (exact) mass is 298 g/mol. The number of rotatable bonds is 6. The third-order valence-electron chi connectivity index (χ3n) is 3.65. The molecule has 2 N–H and O–H groups in total. The Bertz CT molecular complexity index is 551. The zero-order valence-corrected chi connectivity index (χ0v) is 12.8. The summed E-state index contributed by atoms with van der Waals surface area (Å²) in [5.74, 6) is 0. The molecule has 1 unspecified atom stereocenters. The van der Waals surface area contributed by atoms with Gasteiger partial charge in [0.2, 0.25) is 10.0 Å². The molecule has 0 saturated carbocycles. The minimum absolute atomic E-state index is 0.286. The number of methoxy groups -OCH3 is 1. The van der Waals surface area contributed by atoms with Crippen LogP contribution in [0.2, 0.25) is 0 Å². The minimum atomic E-state index is -3.47. The molecule has 0 radical (unpaired) electrons. The summed E-state index contributed by atoms with van der Waals surface area (Å²) in [7, 11) is -1.84. The Morgan fingerprint density at radius 1 is 1.45 bits per heavy atom. The van der Waals surface area contributed by atoms with Gasteiger partial charge < -0.3 is 10.1 Å². The molecule has 1 atom stereocenters. The third-order valence-corrected chi connectivity index (χ3v) is 5.05. The van der Waals surface area contributed by atoms with Crippen LogP contribution in [0, 0.1) is 6.92 Å². The standard InChI is InChI=1S/C14H22N2O3S/c1-12-5-3-6-13(9-12)20(17,18)16-10-14(11-19-2)7-4-8-15-14/h3,5-6,9,15-16H,4,7-8,10-11H2,1-2H3. The summed E-state index contributed by atoms with van der Waals surface area (Å²) < 4.78 is 32.5. The molecule has 1 aromatic rings. The Kier molecular flexibility index (Phi) is 4.80. The molecule has 1 aliphatic heterocycles. The summed E-state index contributed by atoms with van der Waals surface area (Å²) in [5.41, 5.74) is 0.643. The Labute approximate surface area is 120 Å². The van der Waals surface area contributed by atoms with Crippen molar-refractivity contribution in [3.63, 3.8) is 0 Å². The van der Waals surface area contributed by atoms with Crippen LogP contribution in [0.3, 0.4) is 0 Å². The van der Waals surface area contributed by atoms with Crippen molar-refractivity contribution in [2.45, 2.75) is 30.2 Å². The number of ether oxygens (including phenoxy) is 1. The van der Waals surface area contributed by atoms with E-state index in [1.165, 1.54) is 0 Å². The van der Waals surface area contributed by atoms with Gasteiger partial charge in [-0.05, 0) is 44.0 Å². The van der Waals surface area contributed by atoms with Gasteiger partial charge in [0, 0.05) is 13.7 Å². The minimum Gasteiger partial charge on any atom is -0.383 e. The first kappa shape index (κ1) is 15.4. The van der Waals surface area contributed by atoms with E-state index in [0.29, 0.717) is 18.0 Å². The number of hydrogen-bond donors (Lipinski definition) is 2. The van der Waals surface area contributed by atoms with E-state index in [1.807, 2.05) is 13.0 Å². The van der Waals surface area contributed by atoms with Gasteiger partial charge in [0.05, 0.1) is 17.0 Å². The largest absolute Gasteiger partial charge is 0.383 e. The van der Waals surface area contributed by atoms with Gasteiger partial charge in [0.15, 0.2) is 0 Å². The molecule has 5 nitrogen and oxygen atoms in total. The molecule has 2 rings (SSSR count). The third kappa shape index (κ3) is 3.58. The Morgan fingerprint density at radius 3 is 2.85 bits per heavy atom. The number of aryl methyl sites for hydroxylation is 1. The van der Waals surface area contributed by atoms with Crippen LogP contribution in [0.5, 0.6) is 0 Å². The van der Waals surface area contributed by atoms with Gasteiger partial charge in [-0.3, -0.25) is 0 Å². The summed E-state index contributed by atoms with van der Waals surface area (Å²) in [6.07, 6.45) is 1.95. The molecule has 20 heavy (non-hydrogen) atoms. The lowest BCUT2D eigenvalue weighted by Crippen LogP contribution is -2.52. The van der Waals surface area contributed by atoms with E-state index in [0.717, 1.165) is 24.9 Å². The molecule has 0 spiro atoms. The fourth-order valence-corrected chi connectivity index (χ4v) is 3.80. The van der Waals surface area contributed by atoms with Gasteiger partial charge in [0.25, 0.3) is 0 Å². The van der Waals surface area contributed by atoms with Crippen LogP contribution < -0.4 is 10.0 Å². The lowest BCUT2D eigenvalue weighted by Gasteiger charge is -2.28. The molecular weight excluding hydrogens is 276 g/mol. The van der Waals surface area contributed by atoms with Crippen LogP contribution >= 0.6 is 0 Å². The highest BCUT2D eigenvalue weighted by molar-refractivity contribution is 7.89. The molecule has 1 aromatic carbocycles. The van der Waals surface area contributed by atoms with Crippen molar-refractivity contribution in [3.8, 4) is 0 Å². The summed E-state index contributed by atoms with van der Waals surface area (Å²) in [6, 6.07) is 6.92. The smallest absolute Gasteiger partial charge is 0.240 e. The van der Waals surface area contributed by atoms with Crippen LogP contribution in [0.4, 0.5) is 0 Å². The maximum absolute atomic E-state index is 12.3. The highest BCUT2D eigenvalue weighted by Crippen LogP contribution is 2.20. The van der Waals surface area contributed by atoms with Crippen molar-refractivity contribution < 1.29 is 13.2 Å². The van der Waals surface area contributed by atoms with E-state index < -0.39 is 10.0 Å². The lowest BCUT2D eigenvalue weighted by molar-refractivity contribution is 0.122. The van der Waals surface area contributed by atoms with Crippen LogP contribution in [0.25, 0.3) is 0 Å². The first-order chi connectivity index (χ1) is 9.47. The second-order valence-corrected chi connectivity index (χ2v) is 7.15. The topological polar surface area (TPSA) is 67.4 Å². The zero-order chi connectivity index (χ0) is 14.6. The Morgan fingerprint density at radius 2 is 2.25 bits per heavy atom. The second kappa shape index (κ2) is 6.22. The van der Waals surface area contributed by atoms with Gasteiger partial charge in [0.1, 0.15) is 0 Å². The van der Waals surface area contributed by atoms with Crippen LogP contribution in [-0.2, 0) is 14.8 Å². The average Bonchev–Trinajstić information content (AvgIpc) is 2.86. The predicted molar refractivity (Wildman–Crippen MR) is 78.2 cm³/mol. The quantitative estimate of drug-likeness (QED) is 0.823. The van der Waals surface area contributed by atoms with Gasteiger partial charge in [-0.15, -0.1) is 0 Å². The molecular formula is C14H22N2O3S. The highest BCUT2D eigenvalue weighted by Gasteiger charge is 2.34. The number of nitrogens with one attached hydrogen (secondary N) is 2. The molecule has 6 heteroatoms. The van der Waals surface area contributed by atoms with Crippen LogP contribution in [-0.4, -0.2) is 40.8 Å². The number of sulfonamides is 1. The molecule has 0 aromatic heterocycles. The molecule has 1 fully saturated rings. The lowest BCUT2D eigenvalue weighted by atomic mass is 9.99. The first-order valence-electron chi connectivity index (χ1n) is 6.78. The SMILES string of the molecule is COCC1(CNS(=O)(=O)c2cccc(C)c2)CCCN1. The fraction of sp³-hybridized carbons (Fsp3) is 0.571.